The van der Waals surface area contributed by atoms with E-state index in [1.54, 1.807) is 55.6 Å². The first kappa shape index (κ1) is 55.2. The third-order valence-electron chi connectivity index (χ3n) is 21.7. The Labute approximate surface area is 494 Å². The summed E-state index contributed by atoms with van der Waals surface area (Å²) < 4.78 is 0. The summed E-state index contributed by atoms with van der Waals surface area (Å²) >= 11 is 11.8. The predicted molar refractivity (Wildman–Crippen MR) is 351 cm³/mol. The highest BCUT2D eigenvalue weighted by molar-refractivity contribution is 7.30. The van der Waals surface area contributed by atoms with Crippen LogP contribution in [0.25, 0.3) is 71.0 Å². The topological polar surface area (TPSA) is 0 Å². The van der Waals surface area contributed by atoms with Crippen LogP contribution in [0.5, 0.6) is 0 Å². The molecule has 0 spiro atoms. The third-order valence-corrected chi connectivity index (χ3v) is 28.8. The van der Waals surface area contributed by atoms with E-state index in [-0.39, 0.29) is 43.3 Å². The average molecular weight is 1140 g/mol. The molecule has 6 heterocycles. The van der Waals surface area contributed by atoms with E-state index in [2.05, 4.69) is 194 Å². The Morgan fingerprint density at radius 3 is 0.756 bits per heavy atom. The summed E-state index contributed by atoms with van der Waals surface area (Å²) in [6.07, 6.45) is 14.5. The van der Waals surface area contributed by atoms with Gasteiger partial charge in [0.1, 0.15) is 0 Å². The second kappa shape index (κ2) is 19.1. The molecule has 78 heavy (non-hydrogen) atoms. The van der Waals surface area contributed by atoms with Crippen LogP contribution in [0, 0.1) is 0 Å². The Bertz CT molecular complexity index is 3240. The van der Waals surface area contributed by atoms with Crippen molar-refractivity contribution in [3.63, 3.8) is 0 Å². The Morgan fingerprint density at radius 2 is 0.526 bits per heavy atom. The normalized spacial score (nSPS) is 20.1. The second-order valence-corrected chi connectivity index (χ2v) is 33.5. The Hall–Kier alpha value is -3.36. The van der Waals surface area contributed by atoms with Gasteiger partial charge < -0.3 is 0 Å². The molecule has 0 radical (unpaired) electrons. The Balaban J connectivity index is 0.871. The summed E-state index contributed by atoms with van der Waals surface area (Å²) in [5.74, 6) is 0. The molecule has 6 aromatic heterocycles. The van der Waals surface area contributed by atoms with E-state index in [0.29, 0.717) is 0 Å². The molecule has 0 unspecified atom stereocenters. The molecule has 2 aromatic carbocycles. The molecule has 0 atom stereocenters. The Morgan fingerprint density at radius 1 is 0.308 bits per heavy atom. The number of fused-ring (bicyclic) bond motifs is 4. The SMILES string of the molecule is CCC1(CC)CC(C)(C)c2c1cc1c(c2-c2ccsc2-c2ccc(-c3ccc(-c4ccc(-c5ccc(-c6sccc6-c6c7c(cc8c6C(C)(C)CC8(CC)CC)C(CC)(CC)CC7(C)C)s5)s4)s3)s2)C(C)(C)CC1(CC)CC. The van der Waals surface area contributed by atoms with Crippen LogP contribution in [-0.2, 0) is 43.3 Å². The van der Waals surface area contributed by atoms with Gasteiger partial charge in [-0.1, -0.05) is 123 Å². The molecule has 0 amide bonds. The van der Waals surface area contributed by atoms with E-state index >= 15 is 0 Å². The van der Waals surface area contributed by atoms with Crippen LogP contribution in [0.3, 0.4) is 0 Å². The van der Waals surface area contributed by atoms with Crippen molar-refractivity contribution in [1.29, 1.82) is 0 Å². The lowest BCUT2D eigenvalue weighted by molar-refractivity contribution is 0.322. The minimum atomic E-state index is 0.103. The molecular formula is C72H86S6. The molecular weight excluding hydrogens is 1060 g/mol. The first-order valence-corrected chi connectivity index (χ1v) is 35.1. The van der Waals surface area contributed by atoms with Gasteiger partial charge >= 0.3 is 0 Å². The third kappa shape index (κ3) is 7.94. The average Bonchev–Trinajstić information content (AvgIpc) is 3.46. The van der Waals surface area contributed by atoms with Crippen LogP contribution >= 0.6 is 68.0 Å². The van der Waals surface area contributed by atoms with E-state index < -0.39 is 0 Å². The maximum atomic E-state index is 2.78. The number of rotatable bonds is 15. The summed E-state index contributed by atoms with van der Waals surface area (Å²) in [5.41, 5.74) is 20.8. The van der Waals surface area contributed by atoms with Gasteiger partial charge in [-0.05, 0) is 247 Å². The summed E-state index contributed by atoms with van der Waals surface area (Å²) in [7, 11) is 0. The molecule has 0 N–H and O–H groups in total. The largest absolute Gasteiger partial charge is 0.142 e. The molecule has 0 fully saturated rings. The highest BCUT2D eigenvalue weighted by Crippen LogP contribution is 2.67. The summed E-state index contributed by atoms with van der Waals surface area (Å²) in [5, 5.41) is 4.78. The van der Waals surface area contributed by atoms with Gasteiger partial charge in [0, 0.05) is 50.1 Å². The maximum Gasteiger partial charge on any atom is 0.0521 e. The summed E-state index contributed by atoms with van der Waals surface area (Å²) in [6.45, 7) is 40.2. The fraction of sp³-hybridized carbons (Fsp3) is 0.500. The number of hydrogen-bond donors (Lipinski definition) is 0. The van der Waals surface area contributed by atoms with Gasteiger partial charge in [-0.25, -0.2) is 0 Å². The van der Waals surface area contributed by atoms with Gasteiger partial charge in [-0.15, -0.1) is 68.0 Å². The molecule has 0 bridgehead atoms. The number of hydrogen-bond acceptors (Lipinski definition) is 6. The second-order valence-electron chi connectivity index (χ2n) is 27.4. The summed E-state index contributed by atoms with van der Waals surface area (Å²) in [4.78, 5) is 13.9. The Kier molecular flexibility index (Phi) is 13.5. The van der Waals surface area contributed by atoms with Crippen molar-refractivity contribution in [2.75, 3.05) is 0 Å². The van der Waals surface area contributed by atoms with E-state index in [1.807, 2.05) is 68.0 Å². The first-order valence-electron chi connectivity index (χ1n) is 30.1. The van der Waals surface area contributed by atoms with Gasteiger partial charge in [0.15, 0.2) is 0 Å². The van der Waals surface area contributed by atoms with Crippen molar-refractivity contribution >= 4 is 68.0 Å². The fourth-order valence-electron chi connectivity index (χ4n) is 17.8. The van der Waals surface area contributed by atoms with Crippen LogP contribution in [0.2, 0.25) is 0 Å². The lowest BCUT2D eigenvalue weighted by atomic mass is 9.72. The van der Waals surface area contributed by atoms with Crippen molar-refractivity contribution in [3.05, 3.63) is 128 Å². The summed E-state index contributed by atoms with van der Waals surface area (Å²) in [6, 6.07) is 29.8. The molecule has 8 aromatic rings. The van der Waals surface area contributed by atoms with E-state index in [1.165, 1.54) is 137 Å². The zero-order valence-corrected chi connectivity index (χ0v) is 54.9. The molecule has 0 nitrogen and oxygen atoms in total. The van der Waals surface area contributed by atoms with Crippen molar-refractivity contribution in [2.24, 2.45) is 0 Å². The molecule has 6 heteroatoms. The monoisotopic (exact) mass is 1140 g/mol. The van der Waals surface area contributed by atoms with Crippen molar-refractivity contribution in [2.45, 2.75) is 231 Å². The quantitative estimate of drug-likeness (QED) is 0.0960. The highest BCUT2D eigenvalue weighted by atomic mass is 32.1. The lowest BCUT2D eigenvalue weighted by Crippen LogP contribution is -2.26. The van der Waals surface area contributed by atoms with Crippen LogP contribution in [0.1, 0.15) is 232 Å². The molecule has 0 saturated carbocycles. The lowest BCUT2D eigenvalue weighted by Gasteiger charge is -2.32. The van der Waals surface area contributed by atoms with Gasteiger partial charge in [0.25, 0.3) is 0 Å². The standard InChI is InChI=1S/C72H86S6/c1-17-69(18-2)39-65(9,10)59-45(69)37-46-60(66(11,12)40-70(46,19-3)20-4)57(59)43-33-35-73-63(43)55-31-29-53(77-55)51-27-25-49(75-51)50-26-28-52(76-50)54-30-32-56(78-54)64-44(34-36-74-64)58-61-47(71(21-5,22-6)41-67(61,13)14)38-48-62(58)68(15,16)42-72(48,23-7)24-8/h25-38H,17-24,39-42H2,1-16H3. The van der Waals surface area contributed by atoms with Crippen molar-refractivity contribution in [1.82, 2.24) is 0 Å². The fourth-order valence-corrected chi connectivity index (χ4v) is 24.2. The van der Waals surface area contributed by atoms with Gasteiger partial charge in [-0.2, -0.15) is 0 Å². The van der Waals surface area contributed by atoms with Crippen LogP contribution in [0.4, 0.5) is 0 Å². The molecule has 410 valence electrons. The molecule has 12 rings (SSSR count). The minimum Gasteiger partial charge on any atom is -0.142 e. The maximum absolute atomic E-state index is 2.78. The smallest absolute Gasteiger partial charge is 0.0521 e. The zero-order valence-electron chi connectivity index (χ0n) is 50.0. The highest BCUT2D eigenvalue weighted by Gasteiger charge is 2.56. The van der Waals surface area contributed by atoms with Crippen LogP contribution in [-0.4, -0.2) is 0 Å². The molecule has 0 saturated heterocycles. The van der Waals surface area contributed by atoms with Crippen LogP contribution < -0.4 is 0 Å². The van der Waals surface area contributed by atoms with E-state index in [4.69, 9.17) is 0 Å². The van der Waals surface area contributed by atoms with E-state index in [9.17, 15) is 0 Å². The van der Waals surface area contributed by atoms with Crippen LogP contribution in [0.15, 0.2) is 83.6 Å². The molecule has 4 aliphatic carbocycles. The first-order chi connectivity index (χ1) is 37.1. The molecule has 4 aliphatic rings. The van der Waals surface area contributed by atoms with Crippen molar-refractivity contribution < 1.29 is 0 Å². The minimum absolute atomic E-state index is 0.103. The van der Waals surface area contributed by atoms with Gasteiger partial charge in [-0.3, -0.25) is 0 Å². The predicted octanol–water partition coefficient (Wildman–Crippen LogP) is 24.7. The van der Waals surface area contributed by atoms with Gasteiger partial charge in [0.2, 0.25) is 0 Å². The van der Waals surface area contributed by atoms with Crippen molar-refractivity contribution in [3.8, 4) is 71.0 Å². The zero-order chi connectivity index (χ0) is 55.3. The molecule has 0 aliphatic heterocycles. The number of benzene rings is 2. The van der Waals surface area contributed by atoms with E-state index in [0.717, 1.165) is 0 Å². The number of thiophene rings is 6. The van der Waals surface area contributed by atoms with Gasteiger partial charge in [0.05, 0.1) is 9.75 Å².